The zero-order valence-electron chi connectivity index (χ0n) is 15.7. The number of nitrogens with one attached hydrogen (secondary N) is 2. The first-order valence-electron chi connectivity index (χ1n) is 9.99. The Kier molecular flexibility index (Phi) is 5.67. The van der Waals surface area contributed by atoms with Gasteiger partial charge in [0.2, 0.25) is 5.91 Å². The van der Waals surface area contributed by atoms with Crippen molar-refractivity contribution in [3.63, 3.8) is 0 Å². The van der Waals surface area contributed by atoms with E-state index < -0.39 is 0 Å². The monoisotopic (exact) mass is 368 g/mol. The highest BCUT2D eigenvalue weighted by molar-refractivity contribution is 5.76. The lowest BCUT2D eigenvalue weighted by atomic mass is 10.0. The van der Waals surface area contributed by atoms with Crippen molar-refractivity contribution < 1.29 is 4.79 Å². The molecule has 4 heterocycles. The lowest BCUT2D eigenvalue weighted by Gasteiger charge is -2.32. The number of hydrogen-bond donors (Lipinski definition) is 2. The fourth-order valence-electron chi connectivity index (χ4n) is 3.87. The second kappa shape index (κ2) is 8.52. The van der Waals surface area contributed by atoms with Crippen LogP contribution in [0.4, 0.5) is 5.82 Å². The molecule has 4 rings (SSSR count). The minimum atomic E-state index is 0.243. The summed E-state index contributed by atoms with van der Waals surface area (Å²) in [7, 11) is 0. The van der Waals surface area contributed by atoms with E-state index in [9.17, 15) is 4.79 Å². The summed E-state index contributed by atoms with van der Waals surface area (Å²) in [6.45, 7) is 4.51. The smallest absolute Gasteiger partial charge is 0.222 e. The molecule has 2 aliphatic heterocycles. The molecule has 0 radical (unpaired) electrons. The number of carbonyl (C=O) groups excluding carboxylic acids is 1. The fraction of sp³-hybridized carbons (Fsp3) is 0.550. The zero-order chi connectivity index (χ0) is 18.5. The molecule has 2 aromatic heterocycles. The summed E-state index contributed by atoms with van der Waals surface area (Å²) in [6.07, 6.45) is 6.10. The summed E-state index contributed by atoms with van der Waals surface area (Å²) in [4.78, 5) is 18.9. The van der Waals surface area contributed by atoms with Crippen LogP contribution in [0.1, 0.15) is 37.1 Å². The number of rotatable bonds is 5. The van der Waals surface area contributed by atoms with E-state index in [-0.39, 0.29) is 5.91 Å². The van der Waals surface area contributed by atoms with Gasteiger partial charge in [-0.25, -0.2) is 4.98 Å². The Morgan fingerprint density at radius 1 is 1.26 bits per heavy atom. The standard InChI is InChI=1S/C20H28N6O/c27-20(6-5-17-14-18-15-21-9-3-11-26(18)24-17)25-12-7-16(8-13-25)23-19-4-1-2-10-22-19/h1-2,4,10,14,16,21H,3,5-9,11-13,15H2,(H,22,23). The van der Waals surface area contributed by atoms with Gasteiger partial charge in [-0.1, -0.05) is 6.07 Å². The van der Waals surface area contributed by atoms with Crippen molar-refractivity contribution >= 4 is 11.7 Å². The van der Waals surface area contributed by atoms with Gasteiger partial charge >= 0.3 is 0 Å². The molecule has 0 aliphatic carbocycles. The largest absolute Gasteiger partial charge is 0.367 e. The van der Waals surface area contributed by atoms with Crippen LogP contribution < -0.4 is 10.6 Å². The molecule has 27 heavy (non-hydrogen) atoms. The van der Waals surface area contributed by atoms with Crippen LogP contribution in [0.25, 0.3) is 0 Å². The average Bonchev–Trinajstić information content (AvgIpc) is 2.96. The number of piperidine rings is 1. The highest BCUT2D eigenvalue weighted by atomic mass is 16.2. The van der Waals surface area contributed by atoms with E-state index in [2.05, 4.69) is 31.5 Å². The SMILES string of the molecule is O=C(CCc1cc2n(n1)CCCNC2)N1CCC(Nc2ccccn2)CC1. The highest BCUT2D eigenvalue weighted by Crippen LogP contribution is 2.17. The van der Waals surface area contributed by atoms with E-state index >= 15 is 0 Å². The summed E-state index contributed by atoms with van der Waals surface area (Å²) in [5.41, 5.74) is 2.27. The van der Waals surface area contributed by atoms with Gasteiger partial charge in [0, 0.05) is 51.3 Å². The molecule has 0 aromatic carbocycles. The van der Waals surface area contributed by atoms with Crippen LogP contribution in [0.2, 0.25) is 0 Å². The lowest BCUT2D eigenvalue weighted by Crippen LogP contribution is -2.42. The predicted molar refractivity (Wildman–Crippen MR) is 104 cm³/mol. The minimum absolute atomic E-state index is 0.243. The van der Waals surface area contributed by atoms with E-state index in [4.69, 9.17) is 0 Å². The van der Waals surface area contributed by atoms with Gasteiger partial charge in [-0.2, -0.15) is 5.10 Å². The van der Waals surface area contributed by atoms with E-state index in [0.717, 1.165) is 69.9 Å². The number of amides is 1. The van der Waals surface area contributed by atoms with Crippen LogP contribution in [-0.4, -0.2) is 51.2 Å². The molecule has 7 nitrogen and oxygen atoms in total. The Labute approximate surface area is 160 Å². The van der Waals surface area contributed by atoms with Crippen LogP contribution in [0, 0.1) is 0 Å². The zero-order valence-corrected chi connectivity index (χ0v) is 15.7. The first-order chi connectivity index (χ1) is 13.3. The Hall–Kier alpha value is -2.41. The molecular formula is C20H28N6O. The molecule has 2 aromatic rings. The summed E-state index contributed by atoms with van der Waals surface area (Å²) >= 11 is 0. The third-order valence-corrected chi connectivity index (χ3v) is 5.40. The average molecular weight is 368 g/mol. The molecule has 0 saturated carbocycles. The van der Waals surface area contributed by atoms with Crippen molar-refractivity contribution in [1.29, 1.82) is 0 Å². The minimum Gasteiger partial charge on any atom is -0.367 e. The predicted octanol–water partition coefficient (Wildman–Crippen LogP) is 1.81. The van der Waals surface area contributed by atoms with Gasteiger partial charge in [0.05, 0.1) is 11.4 Å². The number of pyridine rings is 1. The third-order valence-electron chi connectivity index (χ3n) is 5.40. The fourth-order valence-corrected chi connectivity index (χ4v) is 3.87. The van der Waals surface area contributed by atoms with Crippen LogP contribution >= 0.6 is 0 Å². The Balaban J connectivity index is 1.23. The quantitative estimate of drug-likeness (QED) is 0.842. The maximum Gasteiger partial charge on any atom is 0.222 e. The van der Waals surface area contributed by atoms with Crippen molar-refractivity contribution in [1.82, 2.24) is 25.0 Å². The molecule has 1 amide bonds. The van der Waals surface area contributed by atoms with Crippen molar-refractivity contribution in [2.24, 2.45) is 0 Å². The van der Waals surface area contributed by atoms with Gasteiger partial charge in [-0.15, -0.1) is 0 Å². The molecule has 1 fully saturated rings. The summed E-state index contributed by atoms with van der Waals surface area (Å²) < 4.78 is 2.09. The number of aromatic nitrogens is 3. The lowest BCUT2D eigenvalue weighted by molar-refractivity contribution is -0.132. The maximum atomic E-state index is 12.6. The molecule has 144 valence electrons. The second-order valence-corrected chi connectivity index (χ2v) is 7.39. The normalized spacial score (nSPS) is 18.0. The third kappa shape index (κ3) is 4.66. The van der Waals surface area contributed by atoms with Crippen molar-refractivity contribution in [3.05, 3.63) is 41.9 Å². The van der Waals surface area contributed by atoms with Crippen molar-refractivity contribution in [2.75, 3.05) is 25.0 Å². The molecule has 2 N–H and O–H groups in total. The summed E-state index contributed by atoms with van der Waals surface area (Å²) in [5, 5.41) is 11.5. The number of fused-ring (bicyclic) bond motifs is 1. The number of likely N-dealkylation sites (tertiary alicyclic amines) is 1. The maximum absolute atomic E-state index is 12.6. The number of aryl methyl sites for hydroxylation is 2. The summed E-state index contributed by atoms with van der Waals surface area (Å²) in [6, 6.07) is 8.43. The van der Waals surface area contributed by atoms with Crippen LogP contribution in [0.15, 0.2) is 30.5 Å². The Morgan fingerprint density at radius 3 is 2.96 bits per heavy atom. The number of hydrogen-bond acceptors (Lipinski definition) is 5. The molecule has 1 saturated heterocycles. The molecule has 0 atom stereocenters. The molecule has 7 heteroatoms. The van der Waals surface area contributed by atoms with Gasteiger partial charge in [-0.3, -0.25) is 9.48 Å². The molecule has 2 aliphatic rings. The van der Waals surface area contributed by atoms with Crippen molar-refractivity contribution in [2.45, 2.75) is 51.2 Å². The number of anilines is 1. The summed E-state index contributed by atoms with van der Waals surface area (Å²) in [5.74, 6) is 1.16. The first-order valence-corrected chi connectivity index (χ1v) is 9.99. The number of nitrogens with zero attached hydrogens (tertiary/aromatic N) is 4. The van der Waals surface area contributed by atoms with Gasteiger partial charge in [0.1, 0.15) is 5.82 Å². The second-order valence-electron chi connectivity index (χ2n) is 7.39. The highest BCUT2D eigenvalue weighted by Gasteiger charge is 2.23. The van der Waals surface area contributed by atoms with Gasteiger partial charge in [0.15, 0.2) is 0 Å². The van der Waals surface area contributed by atoms with Gasteiger partial charge in [-0.05, 0) is 44.0 Å². The van der Waals surface area contributed by atoms with E-state index in [1.165, 1.54) is 5.69 Å². The van der Waals surface area contributed by atoms with Crippen LogP contribution in [-0.2, 0) is 24.3 Å². The van der Waals surface area contributed by atoms with Crippen molar-refractivity contribution in [3.8, 4) is 0 Å². The first kappa shape index (κ1) is 18.0. The Morgan fingerprint density at radius 2 is 2.15 bits per heavy atom. The van der Waals surface area contributed by atoms with E-state index in [1.807, 2.05) is 23.1 Å². The Bertz CT molecular complexity index is 728. The molecule has 0 unspecified atom stereocenters. The van der Waals surface area contributed by atoms with Crippen LogP contribution in [0.5, 0.6) is 0 Å². The van der Waals surface area contributed by atoms with Gasteiger partial charge < -0.3 is 15.5 Å². The molecular weight excluding hydrogens is 340 g/mol. The van der Waals surface area contributed by atoms with Crippen LogP contribution in [0.3, 0.4) is 0 Å². The van der Waals surface area contributed by atoms with Gasteiger partial charge in [0.25, 0.3) is 0 Å². The molecule has 0 spiro atoms. The number of carbonyl (C=O) groups is 1. The van der Waals surface area contributed by atoms with E-state index in [1.54, 1.807) is 6.20 Å². The molecule has 0 bridgehead atoms. The topological polar surface area (TPSA) is 75.1 Å². The van der Waals surface area contributed by atoms with E-state index in [0.29, 0.717) is 12.5 Å².